The van der Waals surface area contributed by atoms with E-state index in [1.165, 1.54) is 15.3 Å². The third-order valence-corrected chi connectivity index (χ3v) is 4.16. The Morgan fingerprint density at radius 1 is 1.26 bits per heavy atom. The second-order valence-electron chi connectivity index (χ2n) is 4.69. The Morgan fingerprint density at radius 3 is 2.53 bits per heavy atom. The first-order valence-corrected chi connectivity index (χ1v) is 7.10. The molecule has 3 N–H and O–H groups in total. The van der Waals surface area contributed by atoms with Gasteiger partial charge in [-0.15, -0.1) is 11.3 Å². The highest BCUT2D eigenvalue weighted by molar-refractivity contribution is 7.12. The summed E-state index contributed by atoms with van der Waals surface area (Å²) in [5.74, 6) is 0.776. The van der Waals surface area contributed by atoms with Gasteiger partial charge in [0.15, 0.2) is 0 Å². The summed E-state index contributed by atoms with van der Waals surface area (Å²) in [5.41, 5.74) is 9.00. The lowest BCUT2D eigenvalue weighted by Crippen LogP contribution is -2.08. The van der Waals surface area contributed by atoms with Crippen LogP contribution in [0.15, 0.2) is 24.3 Å². The van der Waals surface area contributed by atoms with Crippen LogP contribution >= 0.6 is 11.3 Å². The zero-order valence-electron chi connectivity index (χ0n) is 11.8. The van der Waals surface area contributed by atoms with E-state index >= 15 is 0 Å². The molecule has 2 rings (SSSR count). The van der Waals surface area contributed by atoms with Crippen LogP contribution in [0.5, 0.6) is 5.75 Å². The zero-order chi connectivity index (χ0) is 14.0. The van der Waals surface area contributed by atoms with Crippen LogP contribution in [0.1, 0.15) is 28.3 Å². The molecule has 19 heavy (non-hydrogen) atoms. The molecule has 102 valence electrons. The molecule has 2 aromatic rings. The number of nitrogens with two attached hydrogens (primary N) is 1. The van der Waals surface area contributed by atoms with Gasteiger partial charge in [0.2, 0.25) is 0 Å². The maximum absolute atomic E-state index is 6.03. The number of nitrogen functional groups attached to an aromatic ring is 1. The molecule has 4 heteroatoms. The quantitative estimate of drug-likeness (QED) is 0.825. The van der Waals surface area contributed by atoms with Gasteiger partial charge in [-0.1, -0.05) is 0 Å². The van der Waals surface area contributed by atoms with Gasteiger partial charge in [-0.3, -0.25) is 0 Å². The number of anilines is 2. The SMILES string of the molecule is COc1ccc(NC(C)c2cc(C)sc2C)c(N)c1. The van der Waals surface area contributed by atoms with Gasteiger partial charge in [-0.25, -0.2) is 0 Å². The molecule has 0 spiro atoms. The van der Waals surface area contributed by atoms with Gasteiger partial charge in [-0.2, -0.15) is 0 Å². The summed E-state index contributed by atoms with van der Waals surface area (Å²) in [6.45, 7) is 6.44. The Labute approximate surface area is 118 Å². The second kappa shape index (κ2) is 5.53. The van der Waals surface area contributed by atoms with Crippen LogP contribution in [0, 0.1) is 13.8 Å². The van der Waals surface area contributed by atoms with E-state index in [1.807, 2.05) is 29.5 Å². The molecule has 0 saturated carbocycles. The number of ether oxygens (including phenoxy) is 1. The molecule has 0 aliphatic rings. The predicted molar refractivity (Wildman–Crippen MR) is 83.2 cm³/mol. The van der Waals surface area contributed by atoms with Crippen LogP contribution in [-0.2, 0) is 0 Å². The highest BCUT2D eigenvalue weighted by Crippen LogP contribution is 2.31. The maximum Gasteiger partial charge on any atom is 0.121 e. The molecule has 0 fully saturated rings. The van der Waals surface area contributed by atoms with Gasteiger partial charge in [0.25, 0.3) is 0 Å². The summed E-state index contributed by atoms with van der Waals surface area (Å²) in [6, 6.07) is 8.18. The van der Waals surface area contributed by atoms with Gasteiger partial charge >= 0.3 is 0 Å². The monoisotopic (exact) mass is 276 g/mol. The topological polar surface area (TPSA) is 47.3 Å². The van der Waals surface area contributed by atoms with E-state index in [0.717, 1.165) is 11.4 Å². The van der Waals surface area contributed by atoms with Gasteiger partial charge in [0.05, 0.1) is 18.5 Å². The number of methoxy groups -OCH3 is 1. The summed E-state index contributed by atoms with van der Waals surface area (Å²) in [7, 11) is 1.64. The van der Waals surface area contributed by atoms with E-state index in [9.17, 15) is 0 Å². The summed E-state index contributed by atoms with van der Waals surface area (Å²) in [5, 5.41) is 3.46. The van der Waals surface area contributed by atoms with E-state index in [-0.39, 0.29) is 6.04 Å². The lowest BCUT2D eigenvalue weighted by atomic mass is 10.1. The van der Waals surface area contributed by atoms with E-state index in [1.54, 1.807) is 7.11 Å². The first-order chi connectivity index (χ1) is 9.01. The van der Waals surface area contributed by atoms with Crippen LogP contribution in [0.4, 0.5) is 11.4 Å². The molecule has 0 aliphatic heterocycles. The van der Waals surface area contributed by atoms with Crippen molar-refractivity contribution in [2.45, 2.75) is 26.8 Å². The minimum absolute atomic E-state index is 0.237. The molecule has 0 radical (unpaired) electrons. The summed E-state index contributed by atoms with van der Waals surface area (Å²) in [4.78, 5) is 2.69. The van der Waals surface area contributed by atoms with Gasteiger partial charge in [0.1, 0.15) is 5.75 Å². The van der Waals surface area contributed by atoms with Gasteiger partial charge in [-0.05, 0) is 44.5 Å². The van der Waals surface area contributed by atoms with Crippen molar-refractivity contribution in [3.05, 3.63) is 39.6 Å². The fourth-order valence-electron chi connectivity index (χ4n) is 2.19. The third-order valence-electron chi connectivity index (χ3n) is 3.18. The Bertz CT molecular complexity index is 578. The highest BCUT2D eigenvalue weighted by atomic mass is 32.1. The number of aryl methyl sites for hydroxylation is 2. The largest absolute Gasteiger partial charge is 0.497 e. The first-order valence-electron chi connectivity index (χ1n) is 6.28. The smallest absolute Gasteiger partial charge is 0.121 e. The van der Waals surface area contributed by atoms with E-state index in [4.69, 9.17) is 10.5 Å². The third kappa shape index (κ3) is 3.01. The Hall–Kier alpha value is -1.68. The molecule has 3 nitrogen and oxygen atoms in total. The molecular weight excluding hydrogens is 256 g/mol. The van der Waals surface area contributed by atoms with Crippen molar-refractivity contribution in [2.75, 3.05) is 18.2 Å². The van der Waals surface area contributed by atoms with Crippen LogP contribution in [-0.4, -0.2) is 7.11 Å². The maximum atomic E-state index is 6.03. The van der Waals surface area contributed by atoms with Crippen molar-refractivity contribution in [3.8, 4) is 5.75 Å². The second-order valence-corrected chi connectivity index (χ2v) is 6.15. The van der Waals surface area contributed by atoms with Crippen molar-refractivity contribution in [1.29, 1.82) is 0 Å². The summed E-state index contributed by atoms with van der Waals surface area (Å²) in [6.07, 6.45) is 0. The average Bonchev–Trinajstić information content (AvgIpc) is 2.71. The molecular formula is C15H20N2OS. The van der Waals surface area contributed by atoms with Crippen LogP contribution in [0.25, 0.3) is 0 Å². The van der Waals surface area contributed by atoms with Crippen molar-refractivity contribution in [2.24, 2.45) is 0 Å². The number of hydrogen-bond donors (Lipinski definition) is 2. The molecule has 1 heterocycles. The molecule has 0 bridgehead atoms. The summed E-state index contributed by atoms with van der Waals surface area (Å²) < 4.78 is 5.16. The minimum Gasteiger partial charge on any atom is -0.497 e. The van der Waals surface area contributed by atoms with E-state index in [0.29, 0.717) is 5.69 Å². The Balaban J connectivity index is 2.19. The fourth-order valence-corrected chi connectivity index (χ4v) is 3.21. The lowest BCUT2D eigenvalue weighted by Gasteiger charge is -2.17. The number of rotatable bonds is 4. The number of thiophene rings is 1. The van der Waals surface area contributed by atoms with Crippen molar-refractivity contribution >= 4 is 22.7 Å². The molecule has 0 amide bonds. The molecule has 1 aromatic carbocycles. The molecule has 1 atom stereocenters. The number of hydrogen-bond acceptors (Lipinski definition) is 4. The zero-order valence-corrected chi connectivity index (χ0v) is 12.6. The average molecular weight is 276 g/mol. The Morgan fingerprint density at radius 2 is 2.00 bits per heavy atom. The van der Waals surface area contributed by atoms with Crippen molar-refractivity contribution in [1.82, 2.24) is 0 Å². The molecule has 0 saturated heterocycles. The van der Waals surface area contributed by atoms with Crippen LogP contribution < -0.4 is 15.8 Å². The lowest BCUT2D eigenvalue weighted by molar-refractivity contribution is 0.415. The minimum atomic E-state index is 0.237. The van der Waals surface area contributed by atoms with Crippen molar-refractivity contribution in [3.63, 3.8) is 0 Å². The highest BCUT2D eigenvalue weighted by Gasteiger charge is 2.12. The molecule has 1 aromatic heterocycles. The Kier molecular flexibility index (Phi) is 4.00. The predicted octanol–water partition coefficient (Wildman–Crippen LogP) is 4.13. The van der Waals surface area contributed by atoms with Crippen molar-refractivity contribution < 1.29 is 4.74 Å². The van der Waals surface area contributed by atoms with Crippen LogP contribution in [0.2, 0.25) is 0 Å². The van der Waals surface area contributed by atoms with Gasteiger partial charge < -0.3 is 15.8 Å². The number of benzene rings is 1. The normalized spacial score (nSPS) is 12.2. The van der Waals surface area contributed by atoms with E-state index in [2.05, 4.69) is 32.2 Å². The van der Waals surface area contributed by atoms with Gasteiger partial charge in [0, 0.05) is 21.9 Å². The van der Waals surface area contributed by atoms with E-state index < -0.39 is 0 Å². The summed E-state index contributed by atoms with van der Waals surface area (Å²) >= 11 is 1.83. The number of nitrogens with one attached hydrogen (secondary N) is 1. The molecule has 1 unspecified atom stereocenters. The first kappa shape index (κ1) is 13.7. The van der Waals surface area contributed by atoms with Crippen LogP contribution in [0.3, 0.4) is 0 Å². The fraction of sp³-hybridized carbons (Fsp3) is 0.333. The standard InChI is InChI=1S/C15H20N2OS/c1-9-7-13(11(3)19-9)10(2)17-15-6-5-12(18-4)8-14(15)16/h5-8,10,17H,16H2,1-4H3. The molecule has 0 aliphatic carbocycles.